The van der Waals surface area contributed by atoms with Gasteiger partial charge in [-0.05, 0) is 12.8 Å². The van der Waals surface area contributed by atoms with Crippen molar-refractivity contribution in [1.29, 1.82) is 0 Å². The zero-order chi connectivity index (χ0) is 17.7. The van der Waals surface area contributed by atoms with E-state index in [2.05, 4.69) is 15.3 Å². The number of hydrogen-bond donors (Lipinski definition) is 1. The molecule has 1 unspecified atom stereocenters. The Morgan fingerprint density at radius 3 is 2.92 bits per heavy atom. The summed E-state index contributed by atoms with van der Waals surface area (Å²) in [7, 11) is 1.63. The van der Waals surface area contributed by atoms with Gasteiger partial charge in [-0.3, -0.25) is 9.59 Å². The first-order valence-electron chi connectivity index (χ1n) is 8.51. The molecule has 1 fully saturated rings. The quantitative estimate of drug-likeness (QED) is 0.836. The molecule has 0 radical (unpaired) electrons. The molecule has 1 aromatic rings. The summed E-state index contributed by atoms with van der Waals surface area (Å²) in [4.78, 5) is 25.9. The molecular formula is C17H28N4O3. The second-order valence-electron chi connectivity index (χ2n) is 6.90. The molecule has 0 aliphatic carbocycles. The smallest absolute Gasteiger partial charge is 0.268 e. The van der Waals surface area contributed by atoms with Crippen molar-refractivity contribution in [3.8, 4) is 0 Å². The van der Waals surface area contributed by atoms with E-state index < -0.39 is 0 Å². The number of nitrogens with one attached hydrogen (secondary N) is 1. The highest BCUT2D eigenvalue weighted by Crippen LogP contribution is 2.20. The van der Waals surface area contributed by atoms with Crippen LogP contribution in [0.15, 0.2) is 17.1 Å². The molecule has 7 heteroatoms. The largest absolute Gasteiger partial charge is 0.374 e. The summed E-state index contributed by atoms with van der Waals surface area (Å²) in [5.41, 5.74) is 0.363. The number of anilines is 1. The van der Waals surface area contributed by atoms with E-state index in [1.54, 1.807) is 19.3 Å². The van der Waals surface area contributed by atoms with Gasteiger partial charge in [0.2, 0.25) is 5.91 Å². The van der Waals surface area contributed by atoms with Crippen molar-refractivity contribution >= 4 is 11.6 Å². The zero-order valence-corrected chi connectivity index (χ0v) is 15.0. The van der Waals surface area contributed by atoms with E-state index in [0.717, 1.165) is 25.1 Å². The number of carbonyl (C=O) groups is 1. The third-order valence-electron chi connectivity index (χ3n) is 4.71. The molecule has 134 valence electrons. The van der Waals surface area contributed by atoms with Crippen molar-refractivity contribution in [3.05, 3.63) is 22.6 Å². The Labute approximate surface area is 143 Å². The molecule has 24 heavy (non-hydrogen) atoms. The Hall–Kier alpha value is -1.89. The highest BCUT2D eigenvalue weighted by molar-refractivity contribution is 5.81. The number of rotatable bonds is 6. The molecule has 1 atom stereocenters. The predicted octanol–water partition coefficient (Wildman–Crippen LogP) is 0.928. The summed E-state index contributed by atoms with van der Waals surface area (Å²) in [6, 6.07) is 1.60. The number of amides is 1. The van der Waals surface area contributed by atoms with Crippen LogP contribution < -0.4 is 15.8 Å². The van der Waals surface area contributed by atoms with Crippen molar-refractivity contribution in [1.82, 2.24) is 15.1 Å². The van der Waals surface area contributed by atoms with E-state index in [4.69, 9.17) is 4.74 Å². The van der Waals surface area contributed by atoms with Gasteiger partial charge < -0.3 is 15.0 Å². The lowest BCUT2D eigenvalue weighted by Gasteiger charge is -2.34. The predicted molar refractivity (Wildman–Crippen MR) is 93.1 cm³/mol. The van der Waals surface area contributed by atoms with E-state index in [1.807, 2.05) is 20.8 Å². The van der Waals surface area contributed by atoms with Crippen LogP contribution >= 0.6 is 0 Å². The van der Waals surface area contributed by atoms with Crippen molar-refractivity contribution in [3.63, 3.8) is 0 Å². The summed E-state index contributed by atoms with van der Waals surface area (Å²) in [5.74, 6) is 0.0772. The molecule has 1 saturated heterocycles. The van der Waals surface area contributed by atoms with Gasteiger partial charge in [0.05, 0.1) is 24.6 Å². The van der Waals surface area contributed by atoms with Crippen molar-refractivity contribution in [2.24, 2.45) is 12.5 Å². The van der Waals surface area contributed by atoms with Gasteiger partial charge in [-0.25, -0.2) is 4.68 Å². The van der Waals surface area contributed by atoms with Crippen LogP contribution in [0.2, 0.25) is 0 Å². The van der Waals surface area contributed by atoms with E-state index in [9.17, 15) is 9.59 Å². The third kappa shape index (κ3) is 4.56. The average molecular weight is 336 g/mol. The summed E-state index contributed by atoms with van der Waals surface area (Å²) in [6.45, 7) is 8.54. The van der Waals surface area contributed by atoms with Gasteiger partial charge in [0.25, 0.3) is 5.56 Å². The van der Waals surface area contributed by atoms with Crippen molar-refractivity contribution in [2.75, 3.05) is 31.1 Å². The summed E-state index contributed by atoms with van der Waals surface area (Å²) in [6.07, 6.45) is 3.30. The van der Waals surface area contributed by atoms with Crippen LogP contribution in [0.1, 0.15) is 33.6 Å². The van der Waals surface area contributed by atoms with E-state index >= 15 is 0 Å². The number of nitrogens with zero attached hydrogens (tertiary/aromatic N) is 3. The molecular weight excluding hydrogens is 308 g/mol. The van der Waals surface area contributed by atoms with Gasteiger partial charge in [0.1, 0.15) is 0 Å². The minimum absolute atomic E-state index is 0.0350. The lowest BCUT2D eigenvalue weighted by atomic mass is 9.89. The summed E-state index contributed by atoms with van der Waals surface area (Å²) in [5, 5.41) is 7.05. The van der Waals surface area contributed by atoms with Crippen LogP contribution in [0, 0.1) is 5.41 Å². The first kappa shape index (κ1) is 18.4. The van der Waals surface area contributed by atoms with Crippen LogP contribution in [-0.4, -0.2) is 48.0 Å². The molecule has 7 nitrogen and oxygen atoms in total. The van der Waals surface area contributed by atoms with E-state index in [-0.39, 0.29) is 23.0 Å². The fourth-order valence-electron chi connectivity index (χ4n) is 2.51. The molecule has 2 heterocycles. The van der Waals surface area contributed by atoms with Crippen molar-refractivity contribution in [2.45, 2.75) is 39.7 Å². The summed E-state index contributed by atoms with van der Waals surface area (Å²) < 4.78 is 7.09. The number of hydrogen-bond acceptors (Lipinski definition) is 5. The molecule has 1 aliphatic rings. The van der Waals surface area contributed by atoms with Crippen LogP contribution in [0.4, 0.5) is 5.69 Å². The highest BCUT2D eigenvalue weighted by Gasteiger charge is 2.26. The number of morpholine rings is 1. The Morgan fingerprint density at radius 1 is 1.50 bits per heavy atom. The highest BCUT2D eigenvalue weighted by atomic mass is 16.5. The van der Waals surface area contributed by atoms with Crippen molar-refractivity contribution < 1.29 is 9.53 Å². The normalized spacial score (nSPS) is 18.5. The molecule has 2 rings (SSSR count). The number of ether oxygens (including phenoxy) is 1. The molecule has 1 aromatic heterocycles. The minimum atomic E-state index is -0.338. The third-order valence-corrected chi connectivity index (χ3v) is 4.71. The lowest BCUT2D eigenvalue weighted by molar-refractivity contribution is -0.129. The minimum Gasteiger partial charge on any atom is -0.374 e. The van der Waals surface area contributed by atoms with Gasteiger partial charge in [0, 0.05) is 38.2 Å². The average Bonchev–Trinajstić information content (AvgIpc) is 2.57. The molecule has 1 N–H and O–H groups in total. The van der Waals surface area contributed by atoms with Crippen LogP contribution in [0.25, 0.3) is 0 Å². The number of carbonyl (C=O) groups excluding carboxylic acids is 1. The van der Waals surface area contributed by atoms with Crippen LogP contribution in [0.5, 0.6) is 0 Å². The monoisotopic (exact) mass is 336 g/mol. The van der Waals surface area contributed by atoms with Gasteiger partial charge >= 0.3 is 0 Å². The first-order valence-corrected chi connectivity index (χ1v) is 8.51. The fourth-order valence-corrected chi connectivity index (χ4v) is 2.51. The zero-order valence-electron chi connectivity index (χ0n) is 15.0. The van der Waals surface area contributed by atoms with Gasteiger partial charge in [-0.2, -0.15) is 5.10 Å². The van der Waals surface area contributed by atoms with Crippen LogP contribution in [0.3, 0.4) is 0 Å². The second kappa shape index (κ2) is 7.79. The van der Waals surface area contributed by atoms with E-state index in [1.165, 1.54) is 4.68 Å². The molecule has 0 aromatic carbocycles. The van der Waals surface area contributed by atoms with Gasteiger partial charge in [-0.15, -0.1) is 0 Å². The summed E-state index contributed by atoms with van der Waals surface area (Å²) >= 11 is 0. The number of aryl methyl sites for hydroxylation is 1. The van der Waals surface area contributed by atoms with Gasteiger partial charge in [-0.1, -0.05) is 20.8 Å². The molecule has 1 aliphatic heterocycles. The second-order valence-corrected chi connectivity index (χ2v) is 6.90. The standard InChI is InChI=1S/C17H28N4O3/c1-5-17(2,3)16(23)18-7-6-14-12-21(8-9-24-14)13-10-15(22)20(4)19-11-13/h10-11,14H,5-9,12H2,1-4H3,(H,18,23). The Kier molecular flexibility index (Phi) is 5.99. The molecule has 0 saturated carbocycles. The topological polar surface area (TPSA) is 76.5 Å². The lowest BCUT2D eigenvalue weighted by Crippen LogP contribution is -2.45. The van der Waals surface area contributed by atoms with E-state index in [0.29, 0.717) is 19.7 Å². The number of aromatic nitrogens is 2. The molecule has 1 amide bonds. The SMILES string of the molecule is CCC(C)(C)C(=O)NCCC1CN(c2cnn(C)c(=O)c2)CCO1. The maximum absolute atomic E-state index is 12.1. The maximum Gasteiger partial charge on any atom is 0.268 e. The Balaban J connectivity index is 1.86. The molecule has 0 spiro atoms. The Bertz CT molecular complexity index is 627. The van der Waals surface area contributed by atoms with Gasteiger partial charge in [0.15, 0.2) is 0 Å². The Morgan fingerprint density at radius 2 is 2.25 bits per heavy atom. The fraction of sp³-hybridized carbons (Fsp3) is 0.706. The maximum atomic E-state index is 12.1. The first-order chi connectivity index (χ1) is 11.3. The molecule has 0 bridgehead atoms. The van der Waals surface area contributed by atoms with Crippen LogP contribution in [-0.2, 0) is 16.6 Å².